The fourth-order valence-corrected chi connectivity index (χ4v) is 6.85. The maximum atomic E-state index is 13.8. The molecule has 2 heterocycles. The Kier molecular flexibility index (Phi) is 7.69. The fraction of sp³-hybridized carbons (Fsp3) is 0.0938. The van der Waals surface area contributed by atoms with Crippen LogP contribution in [0.15, 0.2) is 101 Å². The van der Waals surface area contributed by atoms with Gasteiger partial charge in [-0.3, -0.25) is 19.2 Å². The quantitative estimate of drug-likeness (QED) is 0.295. The Bertz CT molecular complexity index is 2010. The highest BCUT2D eigenvalue weighted by Gasteiger charge is 2.36. The van der Waals surface area contributed by atoms with Crippen molar-refractivity contribution in [2.75, 3.05) is 10.2 Å². The van der Waals surface area contributed by atoms with Crippen LogP contribution in [0.25, 0.3) is 0 Å². The van der Waals surface area contributed by atoms with Gasteiger partial charge in [0.15, 0.2) is 0 Å². The zero-order chi connectivity index (χ0) is 31.9. The molecule has 226 valence electrons. The SMILES string of the molecule is O=C(Nc1ccc(C(=O)ON2C(=O)CCC2=O)cc1)c1ccc2c(c1)N(Cc1cccc(Cl)c1)C(=O)c1ccccc1S2(=O)=O. The zero-order valence-corrected chi connectivity index (χ0v) is 24.8. The van der Waals surface area contributed by atoms with Gasteiger partial charge in [-0.25, -0.2) is 13.2 Å². The third-order valence-corrected chi connectivity index (χ3v) is 9.34. The lowest BCUT2D eigenvalue weighted by Crippen LogP contribution is -2.32. The van der Waals surface area contributed by atoms with Gasteiger partial charge in [0.05, 0.1) is 33.2 Å². The van der Waals surface area contributed by atoms with Crippen LogP contribution in [0, 0.1) is 0 Å². The first-order valence-corrected chi connectivity index (χ1v) is 15.4. The van der Waals surface area contributed by atoms with Crippen molar-refractivity contribution in [3.05, 3.63) is 118 Å². The normalized spacial score (nSPS) is 15.3. The van der Waals surface area contributed by atoms with Crippen LogP contribution in [-0.4, -0.2) is 43.1 Å². The molecule has 0 bridgehead atoms. The van der Waals surface area contributed by atoms with Crippen molar-refractivity contribution in [1.82, 2.24) is 5.06 Å². The highest BCUT2D eigenvalue weighted by atomic mass is 35.5. The number of halogens is 1. The van der Waals surface area contributed by atoms with E-state index in [-0.39, 0.29) is 57.2 Å². The maximum absolute atomic E-state index is 13.8. The molecule has 0 atom stereocenters. The monoisotopic (exact) mass is 643 g/mol. The number of hydrogen-bond donors (Lipinski definition) is 1. The molecule has 0 unspecified atom stereocenters. The number of carbonyl (C=O) groups excluding carboxylic acids is 5. The highest BCUT2D eigenvalue weighted by Crippen LogP contribution is 2.38. The van der Waals surface area contributed by atoms with Crippen LogP contribution < -0.4 is 10.2 Å². The van der Waals surface area contributed by atoms with E-state index in [1.54, 1.807) is 30.3 Å². The topological polar surface area (TPSA) is 147 Å². The first-order valence-electron chi connectivity index (χ1n) is 13.6. The summed E-state index contributed by atoms with van der Waals surface area (Å²) >= 11 is 6.17. The van der Waals surface area contributed by atoms with Crippen LogP contribution in [0.4, 0.5) is 11.4 Å². The number of carbonyl (C=O) groups is 5. The smallest absolute Gasteiger partial charge is 0.325 e. The van der Waals surface area contributed by atoms with Crippen molar-refractivity contribution >= 4 is 62.4 Å². The molecular formula is C32H22ClN3O8S. The molecule has 0 radical (unpaired) electrons. The van der Waals surface area contributed by atoms with Gasteiger partial charge in [-0.05, 0) is 72.3 Å². The summed E-state index contributed by atoms with van der Waals surface area (Å²) in [5, 5.41) is 3.55. The molecule has 1 fully saturated rings. The minimum atomic E-state index is -4.14. The van der Waals surface area contributed by atoms with Crippen molar-refractivity contribution in [2.24, 2.45) is 0 Å². The number of benzene rings is 4. The van der Waals surface area contributed by atoms with Crippen molar-refractivity contribution in [3.63, 3.8) is 0 Å². The van der Waals surface area contributed by atoms with Gasteiger partial charge < -0.3 is 15.1 Å². The number of amides is 4. The number of fused-ring (bicyclic) bond motifs is 2. The second kappa shape index (κ2) is 11.6. The van der Waals surface area contributed by atoms with Crippen molar-refractivity contribution in [2.45, 2.75) is 29.2 Å². The Morgan fingerprint density at radius 2 is 1.49 bits per heavy atom. The van der Waals surface area contributed by atoms with Crippen molar-refractivity contribution in [1.29, 1.82) is 0 Å². The largest absolute Gasteiger partial charge is 0.363 e. The van der Waals surface area contributed by atoms with Gasteiger partial charge in [0.25, 0.3) is 23.6 Å². The molecule has 2 aliphatic rings. The lowest BCUT2D eigenvalue weighted by atomic mass is 10.1. The molecule has 13 heteroatoms. The van der Waals surface area contributed by atoms with E-state index < -0.39 is 39.4 Å². The minimum Gasteiger partial charge on any atom is -0.325 e. The maximum Gasteiger partial charge on any atom is 0.363 e. The van der Waals surface area contributed by atoms with E-state index in [4.69, 9.17) is 16.4 Å². The Labute approximate surface area is 261 Å². The summed E-state index contributed by atoms with van der Waals surface area (Å²) in [6, 6.07) is 22.2. The third kappa shape index (κ3) is 5.68. The Hall–Kier alpha value is -5.33. The molecular weight excluding hydrogens is 622 g/mol. The fourth-order valence-electron chi connectivity index (χ4n) is 5.01. The standard InChI is InChI=1S/C32H22ClN3O8S/c33-22-5-3-4-19(16-22)18-35-25-17-21(10-13-27(25)45(42,43)26-7-2-1-6-24(26)31(35)40)30(39)34-23-11-8-20(9-12-23)32(41)44-36-28(37)14-15-29(36)38/h1-13,16-17H,14-15,18H2,(H,34,39). The van der Waals surface area contributed by atoms with E-state index in [1.165, 1.54) is 65.6 Å². The van der Waals surface area contributed by atoms with Crippen LogP contribution in [0.2, 0.25) is 5.02 Å². The molecule has 2 aliphatic heterocycles. The molecule has 0 spiro atoms. The molecule has 45 heavy (non-hydrogen) atoms. The van der Waals surface area contributed by atoms with E-state index in [2.05, 4.69) is 5.32 Å². The molecule has 1 saturated heterocycles. The molecule has 0 aliphatic carbocycles. The van der Waals surface area contributed by atoms with Crippen LogP contribution in [0.1, 0.15) is 49.5 Å². The number of hydroxylamine groups is 2. The number of hydrogen-bond acceptors (Lipinski definition) is 8. The zero-order valence-electron chi connectivity index (χ0n) is 23.2. The molecule has 1 N–H and O–H groups in total. The van der Waals surface area contributed by atoms with E-state index in [0.29, 0.717) is 15.6 Å². The van der Waals surface area contributed by atoms with Crippen molar-refractivity contribution < 1.29 is 37.2 Å². The lowest BCUT2D eigenvalue weighted by Gasteiger charge is -2.23. The van der Waals surface area contributed by atoms with Crippen LogP contribution in [0.5, 0.6) is 0 Å². The second-order valence-electron chi connectivity index (χ2n) is 10.2. The molecule has 4 amide bonds. The third-order valence-electron chi connectivity index (χ3n) is 7.24. The average Bonchev–Trinajstić information content (AvgIpc) is 3.32. The summed E-state index contributed by atoms with van der Waals surface area (Å²) in [4.78, 5) is 68.9. The van der Waals surface area contributed by atoms with Crippen LogP contribution in [0.3, 0.4) is 0 Å². The molecule has 6 rings (SSSR count). The summed E-state index contributed by atoms with van der Waals surface area (Å²) in [5.74, 6) is -3.32. The van der Waals surface area contributed by atoms with Gasteiger partial charge in [-0.2, -0.15) is 0 Å². The number of nitrogens with zero attached hydrogens (tertiary/aromatic N) is 2. The van der Waals surface area contributed by atoms with Gasteiger partial charge in [0.1, 0.15) is 0 Å². The van der Waals surface area contributed by atoms with Gasteiger partial charge in [-0.1, -0.05) is 35.9 Å². The highest BCUT2D eigenvalue weighted by molar-refractivity contribution is 7.91. The Morgan fingerprint density at radius 3 is 2.20 bits per heavy atom. The van der Waals surface area contributed by atoms with Crippen molar-refractivity contribution in [3.8, 4) is 0 Å². The Morgan fingerprint density at radius 1 is 0.800 bits per heavy atom. The number of nitrogens with one attached hydrogen (secondary N) is 1. The Balaban J connectivity index is 1.29. The average molecular weight is 644 g/mol. The van der Waals surface area contributed by atoms with Gasteiger partial charge in [-0.15, -0.1) is 5.06 Å². The molecule has 4 aromatic rings. The van der Waals surface area contributed by atoms with Gasteiger partial charge >= 0.3 is 5.97 Å². The minimum absolute atomic E-state index is 0.00110. The van der Waals surface area contributed by atoms with E-state index in [1.807, 2.05) is 0 Å². The van der Waals surface area contributed by atoms with Crippen LogP contribution >= 0.6 is 11.6 Å². The summed E-state index contributed by atoms with van der Waals surface area (Å²) < 4.78 is 27.5. The number of sulfone groups is 1. The predicted octanol–water partition coefficient (Wildman–Crippen LogP) is 4.81. The lowest BCUT2D eigenvalue weighted by molar-refractivity contribution is -0.172. The molecule has 0 saturated carbocycles. The summed E-state index contributed by atoms with van der Waals surface area (Å²) in [6.45, 7) is -0.0203. The number of rotatable bonds is 6. The summed E-state index contributed by atoms with van der Waals surface area (Å²) in [5.41, 5.74) is 1.04. The molecule has 0 aromatic heterocycles. The first kappa shape index (κ1) is 29.7. The number of anilines is 2. The molecule has 4 aromatic carbocycles. The first-order chi connectivity index (χ1) is 21.5. The summed E-state index contributed by atoms with van der Waals surface area (Å²) in [6.07, 6.45) is -0.0731. The second-order valence-corrected chi connectivity index (χ2v) is 12.5. The molecule has 11 nitrogen and oxygen atoms in total. The van der Waals surface area contributed by atoms with E-state index >= 15 is 0 Å². The predicted molar refractivity (Wildman–Crippen MR) is 161 cm³/mol. The van der Waals surface area contributed by atoms with E-state index in [9.17, 15) is 32.4 Å². The van der Waals surface area contributed by atoms with Crippen LogP contribution in [-0.2, 0) is 30.8 Å². The van der Waals surface area contributed by atoms with Gasteiger partial charge in [0, 0.05) is 29.1 Å². The summed E-state index contributed by atoms with van der Waals surface area (Å²) in [7, 11) is -4.14. The van der Waals surface area contributed by atoms with Gasteiger partial charge in [0.2, 0.25) is 9.84 Å². The number of imide groups is 1. The van der Waals surface area contributed by atoms with E-state index in [0.717, 1.165) is 0 Å².